The zero-order chi connectivity index (χ0) is 23.4. The van der Waals surface area contributed by atoms with E-state index in [1.54, 1.807) is 25.7 Å². The summed E-state index contributed by atoms with van der Waals surface area (Å²) in [4.78, 5) is 29.9. The molecule has 0 bridgehead atoms. The number of carbonyl (C=O) groups is 2. The summed E-state index contributed by atoms with van der Waals surface area (Å²) in [7, 11) is 0. The van der Waals surface area contributed by atoms with Crippen molar-refractivity contribution in [3.63, 3.8) is 0 Å². The molecule has 174 valence electrons. The number of aromatic nitrogens is 2. The summed E-state index contributed by atoms with van der Waals surface area (Å²) in [5.74, 6) is -1.89. The van der Waals surface area contributed by atoms with E-state index in [-0.39, 0.29) is 6.61 Å². The standard InChI is InChI=1S/C22H28F2N4O4/c1-21(2,3)32-20(30)27-10-6-22(7-11-27,26-16-4-5-17(23)18(24)14-16)8-13-31-19(29)28-12-9-25-15-28/h4-5,9,12,14-15,26H,6-8,10-11,13H2,1-3H3. The van der Waals surface area contributed by atoms with Crippen LogP contribution in [-0.4, -0.2) is 57.5 Å². The molecule has 8 nitrogen and oxygen atoms in total. The van der Waals surface area contributed by atoms with Crippen LogP contribution in [0.4, 0.5) is 24.1 Å². The summed E-state index contributed by atoms with van der Waals surface area (Å²) in [6.45, 7) is 6.32. The van der Waals surface area contributed by atoms with E-state index in [1.807, 2.05) is 0 Å². The van der Waals surface area contributed by atoms with Crippen LogP contribution in [0.25, 0.3) is 0 Å². The van der Waals surface area contributed by atoms with Crippen molar-refractivity contribution in [1.29, 1.82) is 0 Å². The van der Waals surface area contributed by atoms with Crippen LogP contribution in [0, 0.1) is 11.6 Å². The topological polar surface area (TPSA) is 85.7 Å². The minimum Gasteiger partial charge on any atom is -0.449 e. The number of amides is 1. The van der Waals surface area contributed by atoms with Gasteiger partial charge in [0.2, 0.25) is 0 Å². The Morgan fingerprint density at radius 2 is 1.88 bits per heavy atom. The van der Waals surface area contributed by atoms with Gasteiger partial charge in [0.1, 0.15) is 11.9 Å². The van der Waals surface area contributed by atoms with Crippen molar-refractivity contribution in [3.8, 4) is 0 Å². The number of nitrogens with one attached hydrogen (secondary N) is 1. The lowest BCUT2D eigenvalue weighted by Crippen LogP contribution is -2.52. The SMILES string of the molecule is CC(C)(C)OC(=O)N1CCC(CCOC(=O)n2ccnc2)(Nc2ccc(F)c(F)c2)CC1. The molecule has 32 heavy (non-hydrogen) atoms. The van der Waals surface area contributed by atoms with E-state index >= 15 is 0 Å². The maximum atomic E-state index is 13.7. The number of piperidine rings is 1. The number of rotatable bonds is 5. The van der Waals surface area contributed by atoms with E-state index in [0.717, 1.165) is 12.1 Å². The summed E-state index contributed by atoms with van der Waals surface area (Å²) >= 11 is 0. The molecule has 0 atom stereocenters. The molecule has 0 saturated carbocycles. The minimum atomic E-state index is -0.956. The third-order valence-corrected chi connectivity index (χ3v) is 5.22. The predicted molar refractivity (Wildman–Crippen MR) is 113 cm³/mol. The van der Waals surface area contributed by atoms with Crippen molar-refractivity contribution in [2.75, 3.05) is 25.0 Å². The third-order valence-electron chi connectivity index (χ3n) is 5.22. The van der Waals surface area contributed by atoms with Crippen LogP contribution in [0.5, 0.6) is 0 Å². The average molecular weight is 450 g/mol. The Morgan fingerprint density at radius 3 is 2.47 bits per heavy atom. The Kier molecular flexibility index (Phi) is 7.00. The van der Waals surface area contributed by atoms with Crippen LogP contribution in [0.1, 0.15) is 40.0 Å². The van der Waals surface area contributed by atoms with Crippen molar-refractivity contribution >= 4 is 17.9 Å². The highest BCUT2D eigenvalue weighted by molar-refractivity contribution is 5.70. The Labute approximate surface area is 185 Å². The maximum Gasteiger partial charge on any atom is 0.419 e. The fraction of sp³-hybridized carbons (Fsp3) is 0.500. The Morgan fingerprint density at radius 1 is 1.16 bits per heavy atom. The normalized spacial score (nSPS) is 15.8. The number of anilines is 1. The van der Waals surface area contributed by atoms with Gasteiger partial charge >= 0.3 is 12.2 Å². The Hall–Kier alpha value is -3.17. The number of carbonyl (C=O) groups excluding carboxylic acids is 2. The lowest BCUT2D eigenvalue weighted by Gasteiger charge is -2.43. The van der Waals surface area contributed by atoms with Gasteiger partial charge in [-0.05, 0) is 45.7 Å². The minimum absolute atomic E-state index is 0.0973. The zero-order valence-corrected chi connectivity index (χ0v) is 18.4. The number of halogens is 2. The lowest BCUT2D eigenvalue weighted by molar-refractivity contribution is 0.0166. The van der Waals surface area contributed by atoms with E-state index in [9.17, 15) is 18.4 Å². The van der Waals surface area contributed by atoms with E-state index in [4.69, 9.17) is 9.47 Å². The van der Waals surface area contributed by atoms with Gasteiger partial charge in [0.15, 0.2) is 11.6 Å². The van der Waals surface area contributed by atoms with Crippen molar-refractivity contribution in [1.82, 2.24) is 14.5 Å². The molecule has 1 aromatic heterocycles. The second-order valence-corrected chi connectivity index (χ2v) is 8.84. The Balaban J connectivity index is 1.68. The van der Waals surface area contributed by atoms with E-state index in [0.29, 0.717) is 38.0 Å². The van der Waals surface area contributed by atoms with Gasteiger partial charge in [-0.2, -0.15) is 0 Å². The summed E-state index contributed by atoms with van der Waals surface area (Å²) in [6.07, 6.45) is 4.77. The summed E-state index contributed by atoms with van der Waals surface area (Å²) < 4.78 is 39.1. The van der Waals surface area contributed by atoms with Gasteiger partial charge < -0.3 is 19.7 Å². The number of hydrogen-bond donors (Lipinski definition) is 1. The summed E-state index contributed by atoms with van der Waals surface area (Å²) in [5.41, 5.74) is -0.773. The van der Waals surface area contributed by atoms with Crippen molar-refractivity contribution < 1.29 is 27.8 Å². The molecule has 0 unspecified atom stereocenters. The first-order valence-corrected chi connectivity index (χ1v) is 10.4. The van der Waals surface area contributed by atoms with Crippen LogP contribution in [0.3, 0.4) is 0 Å². The number of ether oxygens (including phenoxy) is 2. The van der Waals surface area contributed by atoms with Gasteiger partial charge in [-0.15, -0.1) is 0 Å². The van der Waals surface area contributed by atoms with Crippen molar-refractivity contribution in [2.24, 2.45) is 0 Å². The first-order chi connectivity index (χ1) is 15.1. The molecule has 0 aliphatic carbocycles. The quantitative estimate of drug-likeness (QED) is 0.726. The smallest absolute Gasteiger partial charge is 0.419 e. The van der Waals surface area contributed by atoms with E-state index < -0.39 is 35.0 Å². The maximum absolute atomic E-state index is 13.7. The summed E-state index contributed by atoms with van der Waals surface area (Å²) in [6, 6.07) is 3.60. The molecule has 3 rings (SSSR count). The monoisotopic (exact) mass is 450 g/mol. The van der Waals surface area contributed by atoms with Gasteiger partial charge in [-0.25, -0.2) is 27.9 Å². The molecular formula is C22H28F2N4O4. The highest BCUT2D eigenvalue weighted by Crippen LogP contribution is 2.31. The molecule has 1 fully saturated rings. The molecule has 10 heteroatoms. The molecule has 1 N–H and O–H groups in total. The average Bonchev–Trinajstić information content (AvgIpc) is 3.25. The van der Waals surface area contributed by atoms with Crippen LogP contribution in [0.15, 0.2) is 36.9 Å². The third kappa shape index (κ3) is 6.18. The van der Waals surface area contributed by atoms with Crippen LogP contribution >= 0.6 is 0 Å². The molecule has 1 aromatic carbocycles. The Bertz CT molecular complexity index is 936. The molecular weight excluding hydrogens is 422 g/mol. The number of hydrogen-bond acceptors (Lipinski definition) is 6. The molecule has 2 heterocycles. The number of likely N-dealkylation sites (tertiary alicyclic amines) is 1. The zero-order valence-electron chi connectivity index (χ0n) is 18.4. The largest absolute Gasteiger partial charge is 0.449 e. The molecule has 1 amide bonds. The van der Waals surface area contributed by atoms with Gasteiger partial charge in [-0.1, -0.05) is 0 Å². The molecule has 1 aliphatic heterocycles. The van der Waals surface area contributed by atoms with Crippen LogP contribution in [0.2, 0.25) is 0 Å². The fourth-order valence-corrected chi connectivity index (χ4v) is 3.54. The molecule has 1 saturated heterocycles. The fourth-order valence-electron chi connectivity index (χ4n) is 3.54. The number of imidazole rings is 1. The second-order valence-electron chi connectivity index (χ2n) is 8.84. The number of benzene rings is 1. The molecule has 1 aliphatic rings. The highest BCUT2D eigenvalue weighted by atomic mass is 19.2. The van der Waals surface area contributed by atoms with E-state index in [2.05, 4.69) is 10.3 Å². The van der Waals surface area contributed by atoms with E-state index in [1.165, 1.54) is 29.4 Å². The predicted octanol–water partition coefficient (Wildman–Crippen LogP) is 4.42. The van der Waals surface area contributed by atoms with Crippen LogP contribution in [-0.2, 0) is 9.47 Å². The van der Waals surface area contributed by atoms with Crippen LogP contribution < -0.4 is 5.32 Å². The van der Waals surface area contributed by atoms with Gasteiger partial charge in [0.25, 0.3) is 0 Å². The molecule has 0 spiro atoms. The van der Waals surface area contributed by atoms with Gasteiger partial charge in [0, 0.05) is 49.2 Å². The lowest BCUT2D eigenvalue weighted by atomic mass is 9.84. The molecule has 0 radical (unpaired) electrons. The summed E-state index contributed by atoms with van der Waals surface area (Å²) in [5, 5.41) is 3.28. The van der Waals surface area contributed by atoms with Crippen molar-refractivity contribution in [3.05, 3.63) is 48.6 Å². The molecule has 2 aromatic rings. The first kappa shape index (κ1) is 23.5. The van der Waals surface area contributed by atoms with Gasteiger partial charge in [-0.3, -0.25) is 0 Å². The highest BCUT2D eigenvalue weighted by Gasteiger charge is 2.37. The first-order valence-electron chi connectivity index (χ1n) is 10.4. The second kappa shape index (κ2) is 9.54. The van der Waals surface area contributed by atoms with Crippen molar-refractivity contribution in [2.45, 2.75) is 51.2 Å². The number of nitrogens with zero attached hydrogens (tertiary/aromatic N) is 3. The van der Waals surface area contributed by atoms with Gasteiger partial charge in [0.05, 0.1) is 6.61 Å².